The van der Waals surface area contributed by atoms with E-state index < -0.39 is 0 Å². The van der Waals surface area contributed by atoms with Crippen LogP contribution in [0.15, 0.2) is 60.8 Å². The van der Waals surface area contributed by atoms with E-state index >= 15 is 0 Å². The topological polar surface area (TPSA) is 75.5 Å². The molecule has 2 aromatic carbocycles. The summed E-state index contributed by atoms with van der Waals surface area (Å²) in [6.45, 7) is 5.29. The summed E-state index contributed by atoms with van der Waals surface area (Å²) in [6.07, 6.45) is 3.97. The maximum absolute atomic E-state index is 12.6. The van der Waals surface area contributed by atoms with E-state index in [4.69, 9.17) is 4.74 Å². The molecule has 1 aromatic heterocycles. The summed E-state index contributed by atoms with van der Waals surface area (Å²) < 4.78 is 5.34. The lowest BCUT2D eigenvalue weighted by molar-refractivity contribution is 0.0303. The number of piperidine rings is 1. The molecule has 33 heavy (non-hydrogen) atoms. The van der Waals surface area contributed by atoms with Gasteiger partial charge in [-0.3, -0.25) is 4.79 Å². The Kier molecular flexibility index (Phi) is 6.64. The summed E-state index contributed by atoms with van der Waals surface area (Å²) in [6, 6.07) is 18.5. The van der Waals surface area contributed by atoms with Gasteiger partial charge in [0.05, 0.1) is 30.8 Å². The van der Waals surface area contributed by atoms with E-state index in [1.54, 1.807) is 4.80 Å². The van der Waals surface area contributed by atoms with E-state index in [1.807, 2.05) is 53.6 Å². The molecule has 0 spiro atoms. The minimum Gasteiger partial charge on any atom is -0.378 e. The zero-order valence-corrected chi connectivity index (χ0v) is 18.8. The first-order chi connectivity index (χ1) is 16.3. The minimum atomic E-state index is 0.0944. The van der Waals surface area contributed by atoms with Crippen LogP contribution in [0.4, 0.5) is 5.69 Å². The largest absolute Gasteiger partial charge is 0.378 e. The summed E-state index contributed by atoms with van der Waals surface area (Å²) in [5.41, 5.74) is 3.84. The first-order valence-corrected chi connectivity index (χ1v) is 11.7. The number of rotatable bonds is 6. The van der Waals surface area contributed by atoms with Crippen molar-refractivity contribution in [1.29, 1.82) is 0 Å². The van der Waals surface area contributed by atoms with Gasteiger partial charge in [0.2, 0.25) is 0 Å². The van der Waals surface area contributed by atoms with Crippen LogP contribution in [0, 0.1) is 0 Å². The Hall–Kier alpha value is -3.23. The molecule has 1 amide bonds. The highest BCUT2D eigenvalue weighted by Crippen LogP contribution is 2.21. The zero-order chi connectivity index (χ0) is 22.5. The Bertz CT molecular complexity index is 1040. The van der Waals surface area contributed by atoms with E-state index in [9.17, 15) is 4.79 Å². The van der Waals surface area contributed by atoms with Gasteiger partial charge in [-0.1, -0.05) is 18.2 Å². The summed E-state index contributed by atoms with van der Waals surface area (Å²) in [5.74, 6) is 0.0944. The average molecular weight is 447 g/mol. The van der Waals surface area contributed by atoms with Crippen molar-refractivity contribution in [1.82, 2.24) is 25.2 Å². The smallest absolute Gasteiger partial charge is 0.254 e. The number of benzene rings is 2. The molecule has 3 aromatic rings. The molecule has 0 radical (unpaired) electrons. The predicted octanol–water partition coefficient (Wildman–Crippen LogP) is 2.50. The molecule has 0 atom stereocenters. The predicted molar refractivity (Wildman–Crippen MR) is 127 cm³/mol. The molecular formula is C25H30N6O2. The molecule has 8 nitrogen and oxygen atoms in total. The van der Waals surface area contributed by atoms with Crippen molar-refractivity contribution in [2.24, 2.45) is 0 Å². The van der Waals surface area contributed by atoms with Crippen molar-refractivity contribution in [2.45, 2.75) is 25.4 Å². The Morgan fingerprint density at radius 3 is 2.39 bits per heavy atom. The molecule has 8 heteroatoms. The van der Waals surface area contributed by atoms with Gasteiger partial charge < -0.3 is 19.9 Å². The lowest BCUT2D eigenvalue weighted by Gasteiger charge is -2.34. The highest BCUT2D eigenvalue weighted by atomic mass is 16.5. The Labute approximate surface area is 194 Å². The number of carbonyl (C=O) groups is 1. The molecule has 3 heterocycles. The molecule has 2 aliphatic heterocycles. The van der Waals surface area contributed by atoms with Gasteiger partial charge in [-0.15, -0.1) is 0 Å². The molecule has 0 unspecified atom stereocenters. The van der Waals surface area contributed by atoms with E-state index in [-0.39, 0.29) is 5.91 Å². The van der Waals surface area contributed by atoms with Crippen LogP contribution in [0.1, 0.15) is 28.9 Å². The maximum Gasteiger partial charge on any atom is 0.254 e. The van der Waals surface area contributed by atoms with Gasteiger partial charge in [0.15, 0.2) is 0 Å². The first-order valence-electron chi connectivity index (χ1n) is 11.7. The summed E-state index contributed by atoms with van der Waals surface area (Å²) in [7, 11) is 0. The number of morpholine rings is 1. The third kappa shape index (κ3) is 5.23. The standard InChI is InChI=1S/C25H30N6O2/c32-25(30-14-16-33-17-15-30)20-6-8-23(9-7-20)29-12-10-21(11-13-29)26-18-22-19-27-31(28-22)24-4-2-1-3-5-24/h1-9,19,21,26H,10-18H2. The number of amides is 1. The lowest BCUT2D eigenvalue weighted by Crippen LogP contribution is -2.42. The molecule has 0 aliphatic carbocycles. The first kappa shape index (κ1) is 21.6. The molecule has 0 saturated carbocycles. The van der Waals surface area contributed by atoms with Crippen molar-refractivity contribution < 1.29 is 9.53 Å². The molecule has 172 valence electrons. The second-order valence-electron chi connectivity index (χ2n) is 8.55. The highest BCUT2D eigenvalue weighted by Gasteiger charge is 2.21. The number of hydrogen-bond donors (Lipinski definition) is 1. The average Bonchev–Trinajstić information content (AvgIpc) is 3.38. The van der Waals surface area contributed by atoms with Gasteiger partial charge in [0.1, 0.15) is 0 Å². The third-order valence-corrected chi connectivity index (χ3v) is 6.37. The second-order valence-corrected chi connectivity index (χ2v) is 8.55. The molecule has 2 aliphatic rings. The van der Waals surface area contributed by atoms with E-state index in [2.05, 4.69) is 32.5 Å². The normalized spacial score (nSPS) is 17.3. The van der Waals surface area contributed by atoms with Gasteiger partial charge in [0, 0.05) is 50.0 Å². The monoisotopic (exact) mass is 446 g/mol. The van der Waals surface area contributed by atoms with E-state index in [0.717, 1.165) is 49.4 Å². The Morgan fingerprint density at radius 2 is 1.67 bits per heavy atom. The Balaban J connectivity index is 1.09. The van der Waals surface area contributed by atoms with Crippen molar-refractivity contribution in [3.05, 3.63) is 72.1 Å². The molecule has 1 N–H and O–H groups in total. The van der Waals surface area contributed by atoms with Crippen LogP contribution < -0.4 is 10.2 Å². The number of anilines is 1. The lowest BCUT2D eigenvalue weighted by atomic mass is 10.0. The van der Waals surface area contributed by atoms with E-state index in [1.165, 1.54) is 5.69 Å². The van der Waals surface area contributed by atoms with Crippen molar-refractivity contribution in [2.75, 3.05) is 44.3 Å². The number of nitrogens with one attached hydrogen (secondary N) is 1. The maximum atomic E-state index is 12.6. The van der Waals surface area contributed by atoms with Crippen LogP contribution in [0.3, 0.4) is 0 Å². The number of aromatic nitrogens is 3. The van der Waals surface area contributed by atoms with Crippen LogP contribution in [-0.4, -0.2) is 71.2 Å². The SMILES string of the molecule is O=C(c1ccc(N2CCC(NCc3cnn(-c4ccccc4)n3)CC2)cc1)N1CCOCC1. The van der Waals surface area contributed by atoms with Crippen LogP contribution in [0.2, 0.25) is 0 Å². The van der Waals surface area contributed by atoms with Gasteiger partial charge in [-0.2, -0.15) is 15.0 Å². The molecule has 5 rings (SSSR count). The van der Waals surface area contributed by atoms with Gasteiger partial charge in [-0.05, 0) is 49.2 Å². The van der Waals surface area contributed by atoms with Gasteiger partial charge >= 0.3 is 0 Å². The fourth-order valence-corrected chi connectivity index (χ4v) is 4.42. The number of para-hydroxylation sites is 1. The quantitative estimate of drug-likeness (QED) is 0.627. The van der Waals surface area contributed by atoms with Gasteiger partial charge in [0.25, 0.3) is 5.91 Å². The van der Waals surface area contributed by atoms with Crippen molar-refractivity contribution >= 4 is 11.6 Å². The molecule has 2 fully saturated rings. The number of nitrogens with zero attached hydrogens (tertiary/aromatic N) is 5. The molecule has 0 bridgehead atoms. The van der Waals surface area contributed by atoms with Crippen LogP contribution in [0.25, 0.3) is 5.69 Å². The fourth-order valence-electron chi connectivity index (χ4n) is 4.42. The molecular weight excluding hydrogens is 416 g/mol. The van der Waals surface area contributed by atoms with E-state index in [0.29, 0.717) is 32.3 Å². The second kappa shape index (κ2) is 10.1. The number of carbonyl (C=O) groups excluding carboxylic acids is 1. The number of ether oxygens (including phenoxy) is 1. The summed E-state index contributed by atoms with van der Waals surface area (Å²) in [5, 5.41) is 12.6. The fraction of sp³-hybridized carbons (Fsp3) is 0.400. The van der Waals surface area contributed by atoms with Crippen molar-refractivity contribution in [3.8, 4) is 5.69 Å². The zero-order valence-electron chi connectivity index (χ0n) is 18.8. The minimum absolute atomic E-state index is 0.0944. The summed E-state index contributed by atoms with van der Waals surface area (Å²) >= 11 is 0. The van der Waals surface area contributed by atoms with Crippen LogP contribution >= 0.6 is 0 Å². The Morgan fingerprint density at radius 1 is 0.939 bits per heavy atom. The van der Waals surface area contributed by atoms with Crippen molar-refractivity contribution in [3.63, 3.8) is 0 Å². The highest BCUT2D eigenvalue weighted by molar-refractivity contribution is 5.94. The summed E-state index contributed by atoms with van der Waals surface area (Å²) in [4.78, 5) is 18.6. The number of hydrogen-bond acceptors (Lipinski definition) is 6. The van der Waals surface area contributed by atoms with Crippen LogP contribution in [-0.2, 0) is 11.3 Å². The molecule has 2 saturated heterocycles. The van der Waals surface area contributed by atoms with Crippen LogP contribution in [0.5, 0.6) is 0 Å². The van der Waals surface area contributed by atoms with Gasteiger partial charge in [-0.25, -0.2) is 0 Å². The third-order valence-electron chi connectivity index (χ3n) is 6.37.